The van der Waals surface area contributed by atoms with E-state index < -0.39 is 6.10 Å². The lowest BCUT2D eigenvalue weighted by molar-refractivity contribution is 0.170. The molecule has 0 radical (unpaired) electrons. The standard InChI is InChI=1S/C14H21NO3S/c1-14(2,19-3)8-15-7-11(16)10-4-5-12-13(6-10)18-9-17-12/h4-6,11,15-16H,7-9H2,1-3H3. The fraction of sp³-hybridized carbons (Fsp3) is 0.571. The summed E-state index contributed by atoms with van der Waals surface area (Å²) in [6.45, 7) is 6.00. The maximum absolute atomic E-state index is 10.2. The second-order valence-electron chi connectivity index (χ2n) is 5.22. The number of aliphatic hydroxyl groups is 1. The Kier molecular flexibility index (Phi) is 4.60. The quantitative estimate of drug-likeness (QED) is 0.838. The van der Waals surface area contributed by atoms with Crippen LogP contribution in [0, 0.1) is 0 Å². The number of fused-ring (bicyclic) bond motifs is 1. The smallest absolute Gasteiger partial charge is 0.231 e. The van der Waals surface area contributed by atoms with E-state index in [-0.39, 0.29) is 11.5 Å². The van der Waals surface area contributed by atoms with Gasteiger partial charge in [0.2, 0.25) is 6.79 Å². The lowest BCUT2D eigenvalue weighted by Crippen LogP contribution is -2.34. The molecule has 0 amide bonds. The van der Waals surface area contributed by atoms with Crippen LogP contribution in [0.25, 0.3) is 0 Å². The number of aliphatic hydroxyl groups excluding tert-OH is 1. The highest BCUT2D eigenvalue weighted by molar-refractivity contribution is 7.99. The van der Waals surface area contributed by atoms with Crippen molar-refractivity contribution in [2.75, 3.05) is 26.1 Å². The maximum atomic E-state index is 10.2. The van der Waals surface area contributed by atoms with Crippen LogP contribution in [0.15, 0.2) is 18.2 Å². The molecule has 0 saturated carbocycles. The van der Waals surface area contributed by atoms with E-state index in [2.05, 4.69) is 25.4 Å². The highest BCUT2D eigenvalue weighted by Crippen LogP contribution is 2.34. The number of hydrogen-bond donors (Lipinski definition) is 2. The molecular weight excluding hydrogens is 262 g/mol. The van der Waals surface area contributed by atoms with Gasteiger partial charge in [-0.3, -0.25) is 0 Å². The van der Waals surface area contributed by atoms with Crippen molar-refractivity contribution >= 4 is 11.8 Å². The summed E-state index contributed by atoms with van der Waals surface area (Å²) in [6, 6.07) is 5.56. The van der Waals surface area contributed by atoms with Gasteiger partial charge in [0.15, 0.2) is 11.5 Å². The normalized spacial score (nSPS) is 15.6. The van der Waals surface area contributed by atoms with Gasteiger partial charge in [-0.15, -0.1) is 0 Å². The van der Waals surface area contributed by atoms with Crippen molar-refractivity contribution in [2.45, 2.75) is 24.7 Å². The van der Waals surface area contributed by atoms with Crippen LogP contribution < -0.4 is 14.8 Å². The van der Waals surface area contributed by atoms with Crippen LogP contribution in [0.3, 0.4) is 0 Å². The molecule has 1 aliphatic heterocycles. The Morgan fingerprint density at radius 3 is 2.84 bits per heavy atom. The summed E-state index contributed by atoms with van der Waals surface area (Å²) < 4.78 is 10.7. The molecular formula is C14H21NO3S. The molecule has 0 spiro atoms. The zero-order valence-electron chi connectivity index (χ0n) is 11.6. The van der Waals surface area contributed by atoms with E-state index in [4.69, 9.17) is 9.47 Å². The highest BCUT2D eigenvalue weighted by Gasteiger charge is 2.18. The minimum atomic E-state index is -0.535. The second-order valence-corrected chi connectivity index (χ2v) is 6.74. The second kappa shape index (κ2) is 6.03. The number of ether oxygens (including phenoxy) is 2. The molecule has 0 aliphatic carbocycles. The van der Waals surface area contributed by atoms with E-state index in [1.807, 2.05) is 30.0 Å². The first kappa shape index (κ1) is 14.5. The number of nitrogens with one attached hydrogen (secondary N) is 1. The van der Waals surface area contributed by atoms with Crippen LogP contribution in [0.5, 0.6) is 11.5 Å². The van der Waals surface area contributed by atoms with E-state index in [0.29, 0.717) is 12.3 Å². The van der Waals surface area contributed by atoms with Crippen molar-refractivity contribution in [3.8, 4) is 11.5 Å². The minimum Gasteiger partial charge on any atom is -0.454 e. The topological polar surface area (TPSA) is 50.7 Å². The molecule has 0 bridgehead atoms. The average Bonchev–Trinajstić information content (AvgIpc) is 2.85. The van der Waals surface area contributed by atoms with Gasteiger partial charge in [0.1, 0.15) is 0 Å². The third kappa shape index (κ3) is 3.78. The van der Waals surface area contributed by atoms with Gasteiger partial charge in [-0.05, 0) is 37.8 Å². The van der Waals surface area contributed by atoms with Crippen molar-refractivity contribution in [3.63, 3.8) is 0 Å². The van der Waals surface area contributed by atoms with Crippen molar-refractivity contribution in [1.29, 1.82) is 0 Å². The monoisotopic (exact) mass is 283 g/mol. The molecule has 1 unspecified atom stereocenters. The summed E-state index contributed by atoms with van der Waals surface area (Å²) in [5.41, 5.74) is 0.846. The van der Waals surface area contributed by atoms with Gasteiger partial charge in [0, 0.05) is 17.8 Å². The summed E-state index contributed by atoms with van der Waals surface area (Å²) >= 11 is 1.81. The van der Waals surface area contributed by atoms with E-state index in [0.717, 1.165) is 17.9 Å². The zero-order valence-corrected chi connectivity index (χ0v) is 12.4. The molecule has 1 heterocycles. The first-order valence-electron chi connectivity index (χ1n) is 6.35. The molecule has 1 aromatic carbocycles. The summed E-state index contributed by atoms with van der Waals surface area (Å²) in [5.74, 6) is 1.45. The van der Waals surface area contributed by atoms with Gasteiger partial charge in [-0.25, -0.2) is 0 Å². The molecule has 19 heavy (non-hydrogen) atoms. The highest BCUT2D eigenvalue weighted by atomic mass is 32.2. The molecule has 0 saturated heterocycles. The molecule has 1 aromatic rings. The third-order valence-electron chi connectivity index (χ3n) is 3.22. The van der Waals surface area contributed by atoms with Gasteiger partial charge >= 0.3 is 0 Å². The predicted molar refractivity (Wildman–Crippen MR) is 78.0 cm³/mol. The van der Waals surface area contributed by atoms with E-state index >= 15 is 0 Å². The van der Waals surface area contributed by atoms with Crippen LogP contribution in [-0.2, 0) is 0 Å². The Balaban J connectivity index is 1.88. The van der Waals surface area contributed by atoms with Gasteiger partial charge in [0.25, 0.3) is 0 Å². The van der Waals surface area contributed by atoms with Gasteiger partial charge in [-0.2, -0.15) is 11.8 Å². The van der Waals surface area contributed by atoms with Crippen LogP contribution in [0.1, 0.15) is 25.5 Å². The Morgan fingerprint density at radius 1 is 1.37 bits per heavy atom. The first-order chi connectivity index (χ1) is 9.02. The van der Waals surface area contributed by atoms with Gasteiger partial charge in [-0.1, -0.05) is 6.07 Å². The Morgan fingerprint density at radius 2 is 2.11 bits per heavy atom. The van der Waals surface area contributed by atoms with E-state index in [9.17, 15) is 5.11 Å². The van der Waals surface area contributed by atoms with Crippen molar-refractivity contribution in [2.24, 2.45) is 0 Å². The molecule has 1 aliphatic rings. The van der Waals surface area contributed by atoms with E-state index in [1.54, 1.807) is 0 Å². The molecule has 4 nitrogen and oxygen atoms in total. The molecule has 0 fully saturated rings. The number of hydrogen-bond acceptors (Lipinski definition) is 5. The van der Waals surface area contributed by atoms with Gasteiger partial charge < -0.3 is 19.9 Å². The van der Waals surface area contributed by atoms with E-state index in [1.165, 1.54) is 0 Å². The lowest BCUT2D eigenvalue weighted by atomic mass is 10.1. The van der Waals surface area contributed by atoms with Gasteiger partial charge in [0.05, 0.1) is 6.10 Å². The SMILES string of the molecule is CSC(C)(C)CNCC(O)c1ccc2c(c1)OCO2. The molecule has 2 rings (SSSR count). The summed E-state index contributed by atoms with van der Waals surface area (Å²) in [6.07, 6.45) is 1.56. The maximum Gasteiger partial charge on any atom is 0.231 e. The van der Waals surface area contributed by atoms with Crippen LogP contribution >= 0.6 is 11.8 Å². The predicted octanol–water partition coefficient (Wildman–Crippen LogP) is 2.18. The Hall–Kier alpha value is -0.910. The number of benzene rings is 1. The summed E-state index contributed by atoms with van der Waals surface area (Å²) in [4.78, 5) is 0. The molecule has 106 valence electrons. The van der Waals surface area contributed by atoms with Crippen molar-refractivity contribution < 1.29 is 14.6 Å². The summed E-state index contributed by atoms with van der Waals surface area (Å²) in [5, 5.41) is 13.5. The Bertz CT molecular complexity index is 437. The van der Waals surface area contributed by atoms with Crippen LogP contribution in [0.2, 0.25) is 0 Å². The largest absolute Gasteiger partial charge is 0.454 e. The molecule has 5 heteroatoms. The molecule has 0 aromatic heterocycles. The average molecular weight is 283 g/mol. The fourth-order valence-electron chi connectivity index (χ4n) is 1.82. The zero-order chi connectivity index (χ0) is 13.9. The summed E-state index contributed by atoms with van der Waals surface area (Å²) in [7, 11) is 0. The van der Waals surface area contributed by atoms with Crippen molar-refractivity contribution in [1.82, 2.24) is 5.32 Å². The van der Waals surface area contributed by atoms with Crippen molar-refractivity contribution in [3.05, 3.63) is 23.8 Å². The van der Waals surface area contributed by atoms with Crippen LogP contribution in [0.4, 0.5) is 0 Å². The molecule has 1 atom stereocenters. The number of thioether (sulfide) groups is 1. The Labute approximate surface area is 118 Å². The fourth-order valence-corrected chi connectivity index (χ4v) is 2.07. The molecule has 2 N–H and O–H groups in total. The lowest BCUT2D eigenvalue weighted by Gasteiger charge is -2.23. The van der Waals surface area contributed by atoms with Crippen LogP contribution in [-0.4, -0.2) is 36.0 Å². The first-order valence-corrected chi connectivity index (χ1v) is 7.58. The third-order valence-corrected chi connectivity index (χ3v) is 4.47. The minimum absolute atomic E-state index is 0.175. The number of rotatable bonds is 6.